The minimum Gasteiger partial charge on any atom is -0.465 e. The molecular formula is C15H13ClN4O2. The minimum atomic E-state index is -1.04. The predicted molar refractivity (Wildman–Crippen MR) is 83.0 cm³/mol. The van der Waals surface area contributed by atoms with Gasteiger partial charge in [-0.05, 0) is 30.2 Å². The van der Waals surface area contributed by atoms with Crippen molar-refractivity contribution in [3.63, 3.8) is 0 Å². The Morgan fingerprint density at radius 3 is 2.95 bits per heavy atom. The highest BCUT2D eigenvalue weighted by molar-refractivity contribution is 6.29. The summed E-state index contributed by atoms with van der Waals surface area (Å²) in [5.41, 5.74) is 4.40. The van der Waals surface area contributed by atoms with Gasteiger partial charge in [0.1, 0.15) is 5.15 Å². The molecular weight excluding hydrogens is 304 g/mol. The molecule has 0 aliphatic carbocycles. The van der Waals surface area contributed by atoms with E-state index in [1.165, 1.54) is 0 Å². The molecule has 0 saturated heterocycles. The van der Waals surface area contributed by atoms with Crippen molar-refractivity contribution >= 4 is 23.2 Å². The van der Waals surface area contributed by atoms with E-state index in [9.17, 15) is 4.79 Å². The van der Waals surface area contributed by atoms with E-state index in [2.05, 4.69) is 15.4 Å². The molecule has 0 fully saturated rings. The summed E-state index contributed by atoms with van der Waals surface area (Å²) in [6.45, 7) is 2.20. The van der Waals surface area contributed by atoms with E-state index in [4.69, 9.17) is 16.7 Å². The highest BCUT2D eigenvalue weighted by Crippen LogP contribution is 2.26. The maximum atomic E-state index is 10.6. The summed E-state index contributed by atoms with van der Waals surface area (Å²) in [5.74, 6) is 0. The zero-order chi connectivity index (χ0) is 15.7. The Hall–Kier alpha value is -2.60. The van der Waals surface area contributed by atoms with Gasteiger partial charge in [0.05, 0.1) is 23.6 Å². The number of benzene rings is 1. The number of carboxylic acid groups (broad SMARTS) is 1. The normalized spacial score (nSPS) is 10.8. The Morgan fingerprint density at radius 1 is 1.41 bits per heavy atom. The molecule has 7 heteroatoms. The first-order valence-electron chi connectivity index (χ1n) is 6.61. The van der Waals surface area contributed by atoms with Gasteiger partial charge in [0, 0.05) is 12.1 Å². The average Bonchev–Trinajstić information content (AvgIpc) is 2.93. The van der Waals surface area contributed by atoms with Gasteiger partial charge in [-0.25, -0.2) is 14.3 Å². The van der Waals surface area contributed by atoms with E-state index in [1.807, 2.05) is 31.2 Å². The lowest BCUT2D eigenvalue weighted by atomic mass is 10.0. The van der Waals surface area contributed by atoms with Gasteiger partial charge >= 0.3 is 6.09 Å². The van der Waals surface area contributed by atoms with Gasteiger partial charge in [0.15, 0.2) is 0 Å². The van der Waals surface area contributed by atoms with Crippen molar-refractivity contribution in [2.24, 2.45) is 0 Å². The molecule has 112 valence electrons. The zero-order valence-corrected chi connectivity index (χ0v) is 12.5. The monoisotopic (exact) mass is 316 g/mol. The van der Waals surface area contributed by atoms with Crippen molar-refractivity contribution in [3.8, 4) is 11.3 Å². The van der Waals surface area contributed by atoms with Crippen LogP contribution in [0.2, 0.25) is 5.15 Å². The molecule has 0 radical (unpaired) electrons. The topological polar surface area (TPSA) is 79.5 Å². The molecule has 0 unspecified atom stereocenters. The smallest absolute Gasteiger partial charge is 0.404 e. The molecule has 6 nitrogen and oxygen atoms in total. The number of aryl methyl sites for hydroxylation is 1. The lowest BCUT2D eigenvalue weighted by Gasteiger charge is -2.09. The van der Waals surface area contributed by atoms with Crippen LogP contribution in [0.15, 0.2) is 36.7 Å². The number of hydrogen-bond acceptors (Lipinski definition) is 3. The van der Waals surface area contributed by atoms with E-state index in [1.54, 1.807) is 16.9 Å². The van der Waals surface area contributed by atoms with Crippen LogP contribution < -0.4 is 5.32 Å². The van der Waals surface area contributed by atoms with Crippen LogP contribution in [0.4, 0.5) is 4.79 Å². The van der Waals surface area contributed by atoms with Crippen LogP contribution in [0.5, 0.6) is 0 Å². The number of nitrogens with zero attached hydrogens (tertiary/aromatic N) is 3. The van der Waals surface area contributed by atoms with Crippen molar-refractivity contribution in [3.05, 3.63) is 52.9 Å². The van der Waals surface area contributed by atoms with Gasteiger partial charge in [0.2, 0.25) is 0 Å². The van der Waals surface area contributed by atoms with Crippen molar-refractivity contribution in [1.82, 2.24) is 19.9 Å². The number of halogens is 1. The molecule has 3 rings (SSSR count). The van der Waals surface area contributed by atoms with Crippen LogP contribution in [0.25, 0.3) is 16.8 Å². The molecule has 0 bridgehead atoms. The second kappa shape index (κ2) is 5.65. The Kier molecular flexibility index (Phi) is 3.68. The largest absolute Gasteiger partial charge is 0.465 e. The summed E-state index contributed by atoms with van der Waals surface area (Å²) in [4.78, 5) is 15.0. The zero-order valence-electron chi connectivity index (χ0n) is 11.7. The third kappa shape index (κ3) is 2.73. The maximum absolute atomic E-state index is 10.6. The lowest BCUT2D eigenvalue weighted by Crippen LogP contribution is -2.20. The lowest BCUT2D eigenvalue weighted by molar-refractivity contribution is 0.194. The van der Waals surface area contributed by atoms with Crippen molar-refractivity contribution < 1.29 is 9.90 Å². The summed E-state index contributed by atoms with van der Waals surface area (Å²) in [7, 11) is 0. The van der Waals surface area contributed by atoms with Crippen LogP contribution in [0.3, 0.4) is 0 Å². The first-order chi connectivity index (χ1) is 10.5. The van der Waals surface area contributed by atoms with Gasteiger partial charge < -0.3 is 10.4 Å². The maximum Gasteiger partial charge on any atom is 0.404 e. The van der Waals surface area contributed by atoms with Crippen LogP contribution in [0, 0.1) is 6.92 Å². The van der Waals surface area contributed by atoms with Crippen LogP contribution >= 0.6 is 11.6 Å². The standard InChI is InChI=1S/C15H13ClN4O2/c1-9-6-10(2-3-11(9)7-17-15(21)22)14-12-4-5-18-20(12)8-13(16)19-14/h2-6,8,17H,7H2,1H3,(H,21,22). The quantitative estimate of drug-likeness (QED) is 0.778. The number of amides is 1. The van der Waals surface area contributed by atoms with Crippen molar-refractivity contribution in [2.75, 3.05) is 0 Å². The Bertz CT molecular complexity index is 860. The molecule has 0 atom stereocenters. The number of fused-ring (bicyclic) bond motifs is 1. The minimum absolute atomic E-state index is 0.270. The fraction of sp³-hybridized carbons (Fsp3) is 0.133. The first-order valence-corrected chi connectivity index (χ1v) is 6.99. The highest BCUT2D eigenvalue weighted by atomic mass is 35.5. The number of nitrogens with one attached hydrogen (secondary N) is 1. The van der Waals surface area contributed by atoms with Gasteiger partial charge in [-0.3, -0.25) is 0 Å². The second-order valence-corrected chi connectivity index (χ2v) is 5.26. The molecule has 2 heterocycles. The Morgan fingerprint density at radius 2 is 2.23 bits per heavy atom. The van der Waals surface area contributed by atoms with E-state index in [-0.39, 0.29) is 6.54 Å². The molecule has 1 aromatic carbocycles. The molecule has 1 amide bonds. The molecule has 0 spiro atoms. The van der Waals surface area contributed by atoms with E-state index in [0.29, 0.717) is 5.15 Å². The number of hydrogen-bond donors (Lipinski definition) is 2. The predicted octanol–water partition coefficient (Wildman–Crippen LogP) is 3.13. The molecule has 2 aromatic heterocycles. The average molecular weight is 317 g/mol. The summed E-state index contributed by atoms with van der Waals surface area (Å²) < 4.78 is 1.68. The fourth-order valence-corrected chi connectivity index (χ4v) is 2.50. The number of aromatic nitrogens is 3. The molecule has 0 saturated carbocycles. The molecule has 2 N–H and O–H groups in total. The fourth-order valence-electron chi connectivity index (χ4n) is 2.32. The summed E-state index contributed by atoms with van der Waals surface area (Å²) in [6, 6.07) is 7.62. The van der Waals surface area contributed by atoms with E-state index >= 15 is 0 Å². The molecule has 0 aliphatic heterocycles. The van der Waals surface area contributed by atoms with E-state index in [0.717, 1.165) is 27.9 Å². The SMILES string of the molecule is Cc1cc(-c2nc(Cl)cn3nccc23)ccc1CNC(=O)O. The van der Waals surface area contributed by atoms with Crippen molar-refractivity contribution in [1.29, 1.82) is 0 Å². The van der Waals surface area contributed by atoms with Gasteiger partial charge in [-0.15, -0.1) is 0 Å². The van der Waals surface area contributed by atoms with Crippen LogP contribution in [-0.4, -0.2) is 25.8 Å². The van der Waals surface area contributed by atoms with Crippen molar-refractivity contribution in [2.45, 2.75) is 13.5 Å². The number of rotatable bonds is 3. The summed E-state index contributed by atoms with van der Waals surface area (Å²) in [6.07, 6.45) is 2.30. The Balaban J connectivity index is 2.02. The van der Waals surface area contributed by atoms with Crippen LogP contribution in [0.1, 0.15) is 11.1 Å². The van der Waals surface area contributed by atoms with Gasteiger partial charge in [-0.2, -0.15) is 5.10 Å². The third-order valence-electron chi connectivity index (χ3n) is 3.41. The Labute approximate surface area is 131 Å². The van der Waals surface area contributed by atoms with Gasteiger partial charge in [0.25, 0.3) is 0 Å². The summed E-state index contributed by atoms with van der Waals surface area (Å²) in [5, 5.41) is 15.6. The van der Waals surface area contributed by atoms with E-state index < -0.39 is 6.09 Å². The molecule has 3 aromatic rings. The van der Waals surface area contributed by atoms with Gasteiger partial charge in [-0.1, -0.05) is 23.7 Å². The second-order valence-electron chi connectivity index (χ2n) is 4.87. The molecule has 0 aliphatic rings. The summed E-state index contributed by atoms with van der Waals surface area (Å²) >= 11 is 6.04. The first kappa shape index (κ1) is 14.3. The molecule has 22 heavy (non-hydrogen) atoms. The third-order valence-corrected chi connectivity index (χ3v) is 3.59. The number of carbonyl (C=O) groups is 1. The highest BCUT2D eigenvalue weighted by Gasteiger charge is 2.10. The van der Waals surface area contributed by atoms with Crippen LogP contribution in [-0.2, 0) is 6.54 Å².